The minimum atomic E-state index is -3.77. The summed E-state index contributed by atoms with van der Waals surface area (Å²) in [6.07, 6.45) is 0.815. The molecule has 31 heavy (non-hydrogen) atoms. The highest BCUT2D eigenvalue weighted by Gasteiger charge is 2.24. The minimum absolute atomic E-state index is 0.138. The van der Waals surface area contributed by atoms with E-state index in [9.17, 15) is 13.2 Å². The van der Waals surface area contributed by atoms with E-state index in [4.69, 9.17) is 11.6 Å². The van der Waals surface area contributed by atoms with Crippen molar-refractivity contribution in [2.75, 3.05) is 11.1 Å². The van der Waals surface area contributed by atoms with Crippen LogP contribution in [0.3, 0.4) is 0 Å². The highest BCUT2D eigenvalue weighted by atomic mass is 35.5. The second-order valence-corrected chi connectivity index (χ2v) is 10.6. The van der Waals surface area contributed by atoms with E-state index in [0.717, 1.165) is 6.42 Å². The monoisotopic (exact) mass is 476 g/mol. The molecule has 0 amide bonds. The Kier molecular flexibility index (Phi) is 6.09. The summed E-state index contributed by atoms with van der Waals surface area (Å²) in [7, 11) is -3.77. The molecule has 0 bridgehead atoms. The molecule has 0 fully saturated rings. The van der Waals surface area contributed by atoms with Crippen molar-refractivity contribution in [2.24, 2.45) is 10.3 Å². The summed E-state index contributed by atoms with van der Waals surface area (Å²) in [4.78, 5) is 17.9. The molecule has 162 valence electrons. The van der Waals surface area contributed by atoms with Crippen molar-refractivity contribution in [3.05, 3.63) is 57.8 Å². The molecule has 3 aromatic rings. The van der Waals surface area contributed by atoms with Gasteiger partial charge in [0.15, 0.2) is 5.16 Å². The lowest BCUT2D eigenvalue weighted by atomic mass is 10.1. The van der Waals surface area contributed by atoms with Gasteiger partial charge in [-0.1, -0.05) is 49.3 Å². The van der Waals surface area contributed by atoms with Gasteiger partial charge in [0.2, 0.25) is 0 Å². The number of hydrogen-bond donors (Lipinski definition) is 1. The smallest absolute Gasteiger partial charge is 0.286 e. The zero-order chi connectivity index (χ0) is 22.2. The van der Waals surface area contributed by atoms with Crippen LogP contribution in [-0.2, 0) is 16.6 Å². The summed E-state index contributed by atoms with van der Waals surface area (Å²) < 4.78 is 30.5. The van der Waals surface area contributed by atoms with Crippen LogP contribution in [0.15, 0.2) is 61.7 Å². The maximum Gasteiger partial charge on any atom is 0.286 e. The Hall–Kier alpha value is -2.36. The molecule has 0 radical (unpaired) electrons. The van der Waals surface area contributed by atoms with Crippen LogP contribution in [0.4, 0.5) is 5.69 Å². The van der Waals surface area contributed by atoms with Crippen molar-refractivity contribution >= 4 is 55.8 Å². The Morgan fingerprint density at radius 2 is 1.97 bits per heavy atom. The Morgan fingerprint density at radius 1 is 1.19 bits per heavy atom. The molecule has 1 aromatic heterocycles. The third-order valence-electron chi connectivity index (χ3n) is 4.82. The van der Waals surface area contributed by atoms with Crippen LogP contribution in [0.2, 0.25) is 5.02 Å². The predicted octanol–water partition coefficient (Wildman–Crippen LogP) is 4.40. The van der Waals surface area contributed by atoms with Gasteiger partial charge in [0.1, 0.15) is 10.7 Å². The number of rotatable bonds is 6. The zero-order valence-electron chi connectivity index (χ0n) is 17.0. The van der Waals surface area contributed by atoms with Gasteiger partial charge in [0.05, 0.1) is 22.3 Å². The zero-order valence-corrected chi connectivity index (χ0v) is 19.4. The summed E-state index contributed by atoms with van der Waals surface area (Å²) in [5.74, 6) is 0.921. The molecule has 0 atom stereocenters. The summed E-state index contributed by atoms with van der Waals surface area (Å²) in [6, 6.07) is 11.6. The topological polar surface area (TPSA) is 93.4 Å². The van der Waals surface area contributed by atoms with Crippen molar-refractivity contribution in [1.82, 2.24) is 9.55 Å². The molecule has 1 N–H and O–H groups in total. The fraction of sp³-hybridized carbons (Fsp3) is 0.286. The number of amidine groups is 1. The summed E-state index contributed by atoms with van der Waals surface area (Å²) in [6.45, 7) is 4.70. The van der Waals surface area contributed by atoms with Crippen molar-refractivity contribution in [3.63, 3.8) is 0 Å². The molecular weight excluding hydrogens is 456 g/mol. The van der Waals surface area contributed by atoms with Gasteiger partial charge >= 0.3 is 0 Å². The maximum atomic E-state index is 13.1. The van der Waals surface area contributed by atoms with Crippen molar-refractivity contribution < 1.29 is 8.42 Å². The van der Waals surface area contributed by atoms with Gasteiger partial charge in [-0.2, -0.15) is 8.42 Å². The number of halogens is 1. The molecule has 0 aliphatic carbocycles. The van der Waals surface area contributed by atoms with Gasteiger partial charge in [-0.05, 0) is 42.7 Å². The molecule has 2 aromatic carbocycles. The average molecular weight is 477 g/mol. The first-order valence-corrected chi connectivity index (χ1v) is 12.6. The van der Waals surface area contributed by atoms with Crippen LogP contribution in [0.1, 0.15) is 20.3 Å². The molecule has 0 unspecified atom stereocenters. The number of hydrogen-bond acceptors (Lipinski definition) is 6. The summed E-state index contributed by atoms with van der Waals surface area (Å²) in [5, 5.41) is 4.57. The van der Waals surface area contributed by atoms with E-state index in [2.05, 4.69) is 28.5 Å². The largest absolute Gasteiger partial charge is 0.341 e. The Bertz CT molecular complexity index is 1350. The van der Waals surface area contributed by atoms with Crippen LogP contribution in [0.25, 0.3) is 10.9 Å². The highest BCUT2D eigenvalue weighted by Crippen LogP contribution is 2.28. The Labute approximate surface area is 189 Å². The molecule has 10 heteroatoms. The van der Waals surface area contributed by atoms with Crippen LogP contribution >= 0.6 is 23.4 Å². The number of aromatic nitrogens is 2. The van der Waals surface area contributed by atoms with E-state index in [0.29, 0.717) is 45.1 Å². The summed E-state index contributed by atoms with van der Waals surface area (Å²) >= 11 is 7.36. The number of thioether (sulfide) groups is 1. The second kappa shape index (κ2) is 8.64. The first kappa shape index (κ1) is 21.9. The van der Waals surface area contributed by atoms with Gasteiger partial charge in [-0.3, -0.25) is 9.36 Å². The normalized spacial score (nSPS) is 14.9. The van der Waals surface area contributed by atoms with E-state index >= 15 is 0 Å². The predicted molar refractivity (Wildman–Crippen MR) is 126 cm³/mol. The lowest BCUT2D eigenvalue weighted by Gasteiger charge is -2.18. The Balaban J connectivity index is 1.68. The molecule has 4 rings (SSSR count). The van der Waals surface area contributed by atoms with Gasteiger partial charge in [-0.15, -0.1) is 4.40 Å². The molecule has 1 aliphatic heterocycles. The standard InChI is InChI=1S/C21H21ClN4O3S2/c1-13(2)9-10-26-20(27)15-8-7-14(22)11-17(15)24-21(26)30-12-19-23-16-5-3-4-6-18(16)31(28,29)25-19/h3-8,11,13H,9-10,12H2,1-2H3,(H,23,25). The van der Waals surface area contributed by atoms with E-state index in [1.54, 1.807) is 41.0 Å². The summed E-state index contributed by atoms with van der Waals surface area (Å²) in [5.41, 5.74) is 0.863. The average Bonchev–Trinajstić information content (AvgIpc) is 2.71. The van der Waals surface area contributed by atoms with Crippen molar-refractivity contribution in [2.45, 2.75) is 36.9 Å². The number of anilines is 1. The molecule has 2 heterocycles. The molecule has 1 aliphatic rings. The van der Waals surface area contributed by atoms with E-state index in [1.807, 2.05) is 0 Å². The molecule has 0 saturated carbocycles. The lowest BCUT2D eigenvalue weighted by molar-refractivity contribution is 0.481. The number of fused-ring (bicyclic) bond motifs is 2. The van der Waals surface area contributed by atoms with Crippen LogP contribution in [0, 0.1) is 5.92 Å². The highest BCUT2D eigenvalue weighted by molar-refractivity contribution is 8.00. The van der Waals surface area contributed by atoms with Crippen LogP contribution in [0.5, 0.6) is 0 Å². The minimum Gasteiger partial charge on any atom is -0.341 e. The molecule has 0 saturated heterocycles. The van der Waals surface area contributed by atoms with Crippen LogP contribution in [-0.4, -0.2) is 29.6 Å². The van der Waals surface area contributed by atoms with E-state index in [-0.39, 0.29) is 16.2 Å². The van der Waals surface area contributed by atoms with Gasteiger partial charge < -0.3 is 5.32 Å². The fourth-order valence-electron chi connectivity index (χ4n) is 3.23. The molecule has 7 nitrogen and oxygen atoms in total. The first-order chi connectivity index (χ1) is 14.7. The second-order valence-electron chi connectivity index (χ2n) is 7.62. The van der Waals surface area contributed by atoms with Gasteiger partial charge in [0.25, 0.3) is 15.6 Å². The quantitative estimate of drug-likeness (QED) is 0.418. The van der Waals surface area contributed by atoms with Crippen molar-refractivity contribution in [1.29, 1.82) is 0 Å². The van der Waals surface area contributed by atoms with Crippen LogP contribution < -0.4 is 10.9 Å². The Morgan fingerprint density at radius 3 is 2.74 bits per heavy atom. The number of sulfonamides is 1. The molecule has 0 spiro atoms. The van der Waals surface area contributed by atoms with Gasteiger partial charge in [-0.25, -0.2) is 4.98 Å². The SMILES string of the molecule is CC(C)CCn1c(SCC2=NS(=O)(=O)c3ccccc3N2)nc2cc(Cl)ccc2c1=O. The number of nitrogens with one attached hydrogen (secondary N) is 1. The third kappa shape index (κ3) is 4.63. The van der Waals surface area contributed by atoms with E-state index < -0.39 is 10.0 Å². The van der Waals surface area contributed by atoms with E-state index in [1.165, 1.54) is 17.8 Å². The molecular formula is C21H21ClN4O3S2. The third-order valence-corrected chi connectivity index (χ3v) is 7.42. The number of benzene rings is 2. The fourth-order valence-corrected chi connectivity index (χ4v) is 5.52. The van der Waals surface area contributed by atoms with Crippen molar-refractivity contribution in [3.8, 4) is 0 Å². The number of nitrogens with zero attached hydrogens (tertiary/aromatic N) is 3. The first-order valence-electron chi connectivity index (χ1n) is 9.77. The lowest BCUT2D eigenvalue weighted by Crippen LogP contribution is -2.26. The maximum absolute atomic E-state index is 13.1. The number of para-hydroxylation sites is 1. The van der Waals surface area contributed by atoms with Gasteiger partial charge in [0, 0.05) is 11.6 Å².